The predicted octanol–water partition coefficient (Wildman–Crippen LogP) is 1.06. The zero-order valence-electron chi connectivity index (χ0n) is 13.7. The van der Waals surface area contributed by atoms with E-state index in [-0.39, 0.29) is 12.5 Å². The smallest absolute Gasteiger partial charge is 0.413 e. The lowest BCUT2D eigenvalue weighted by Crippen LogP contribution is -2.44. The summed E-state index contributed by atoms with van der Waals surface area (Å²) in [5, 5.41) is 1.48. The molecule has 1 fully saturated rings. The molecule has 1 aliphatic rings. The largest absolute Gasteiger partial charge is 0.466 e. The third-order valence-corrected chi connectivity index (χ3v) is 4.57. The van der Waals surface area contributed by atoms with E-state index in [1.165, 1.54) is 29.8 Å². The third-order valence-electron chi connectivity index (χ3n) is 3.29. The predicted molar refractivity (Wildman–Crippen MR) is 86.3 cm³/mol. The van der Waals surface area contributed by atoms with Crippen molar-refractivity contribution >= 4 is 35.6 Å². The van der Waals surface area contributed by atoms with Gasteiger partial charge in [-0.1, -0.05) is 0 Å². The fourth-order valence-electron chi connectivity index (χ4n) is 2.27. The molecule has 2 atom stereocenters. The number of imide groups is 1. The molecular weight excluding hydrogens is 352 g/mol. The van der Waals surface area contributed by atoms with Crippen LogP contribution in [0.15, 0.2) is 22.8 Å². The second-order valence-electron chi connectivity index (χ2n) is 5.02. The zero-order chi connectivity index (χ0) is 18.4. The Morgan fingerprint density at radius 3 is 2.72 bits per heavy atom. The lowest BCUT2D eigenvalue weighted by Gasteiger charge is -2.25. The van der Waals surface area contributed by atoms with Crippen molar-refractivity contribution in [2.24, 2.45) is 0 Å². The number of esters is 1. The number of amides is 3. The Labute approximate surface area is 148 Å². The fourth-order valence-corrected chi connectivity index (χ4v) is 3.69. The maximum Gasteiger partial charge on any atom is 0.413 e. The van der Waals surface area contributed by atoms with Crippen LogP contribution in [0.25, 0.3) is 0 Å². The molecule has 0 spiro atoms. The van der Waals surface area contributed by atoms with Crippen LogP contribution >= 0.6 is 11.8 Å². The van der Waals surface area contributed by atoms with Gasteiger partial charge in [0, 0.05) is 12.7 Å². The van der Waals surface area contributed by atoms with E-state index in [4.69, 9.17) is 9.15 Å². The molecule has 136 valence electrons. The van der Waals surface area contributed by atoms with Gasteiger partial charge in [0.1, 0.15) is 17.2 Å². The van der Waals surface area contributed by atoms with Crippen LogP contribution in [0, 0.1) is 0 Å². The molecule has 1 N–H and O–H groups in total. The number of rotatable bonds is 5. The van der Waals surface area contributed by atoms with Crippen LogP contribution < -0.4 is 5.32 Å². The molecular formula is C15H18N2O7S. The lowest BCUT2D eigenvalue weighted by atomic mass is 10.2. The van der Waals surface area contributed by atoms with Crippen LogP contribution in [0.2, 0.25) is 0 Å². The number of carbonyl (C=O) groups is 4. The Morgan fingerprint density at radius 1 is 1.36 bits per heavy atom. The van der Waals surface area contributed by atoms with Crippen LogP contribution in [0.3, 0.4) is 0 Å². The molecule has 1 aromatic rings. The maximum absolute atomic E-state index is 12.2. The molecule has 0 bridgehead atoms. The quantitative estimate of drug-likeness (QED) is 0.765. The number of hydrogen-bond donors (Lipinski definition) is 1. The van der Waals surface area contributed by atoms with E-state index in [1.54, 1.807) is 19.1 Å². The van der Waals surface area contributed by atoms with Gasteiger partial charge in [0.2, 0.25) is 5.91 Å². The van der Waals surface area contributed by atoms with Gasteiger partial charge in [0.05, 0.1) is 12.9 Å². The number of ether oxygens (including phenoxy) is 2. The Bertz CT molecular complexity index is 646. The van der Waals surface area contributed by atoms with E-state index in [0.29, 0.717) is 11.5 Å². The summed E-state index contributed by atoms with van der Waals surface area (Å²) in [6.45, 7) is 2.40. The summed E-state index contributed by atoms with van der Waals surface area (Å²) < 4.78 is 14.8. The molecule has 0 aromatic carbocycles. The summed E-state index contributed by atoms with van der Waals surface area (Å²) in [5.74, 6) is -0.992. The van der Waals surface area contributed by atoms with Crippen molar-refractivity contribution < 1.29 is 33.1 Å². The van der Waals surface area contributed by atoms with E-state index >= 15 is 0 Å². The second-order valence-corrected chi connectivity index (χ2v) is 6.13. The van der Waals surface area contributed by atoms with Crippen molar-refractivity contribution in [3.8, 4) is 0 Å². The molecule has 3 amide bonds. The van der Waals surface area contributed by atoms with Crippen molar-refractivity contribution in [3.63, 3.8) is 0 Å². The summed E-state index contributed by atoms with van der Waals surface area (Å²) in [4.78, 5) is 48.2. The highest BCUT2D eigenvalue weighted by molar-refractivity contribution is 7.99. The minimum Gasteiger partial charge on any atom is -0.466 e. The van der Waals surface area contributed by atoms with Gasteiger partial charge < -0.3 is 18.8 Å². The number of nitrogens with zero attached hydrogens (tertiary/aromatic N) is 1. The van der Waals surface area contributed by atoms with Gasteiger partial charge in [-0.3, -0.25) is 14.9 Å². The molecule has 1 aromatic heterocycles. The molecule has 2 rings (SSSR count). The molecule has 1 saturated heterocycles. The molecule has 0 aliphatic carbocycles. The topological polar surface area (TPSA) is 115 Å². The highest BCUT2D eigenvalue weighted by Crippen LogP contribution is 2.41. The summed E-state index contributed by atoms with van der Waals surface area (Å²) in [7, 11) is 0. The maximum atomic E-state index is 12.2. The Kier molecular flexibility index (Phi) is 6.45. The first-order chi connectivity index (χ1) is 11.9. The van der Waals surface area contributed by atoms with Crippen LogP contribution in [0.5, 0.6) is 0 Å². The van der Waals surface area contributed by atoms with Gasteiger partial charge in [0.15, 0.2) is 6.61 Å². The highest BCUT2D eigenvalue weighted by Gasteiger charge is 2.43. The molecule has 2 heterocycles. The summed E-state index contributed by atoms with van der Waals surface area (Å²) in [6.07, 6.45) is 0.572. The first-order valence-corrected chi connectivity index (χ1v) is 8.56. The molecule has 25 heavy (non-hydrogen) atoms. The molecule has 0 radical (unpaired) electrons. The normalized spacial score (nSPS) is 19.4. The van der Waals surface area contributed by atoms with Gasteiger partial charge in [0.25, 0.3) is 5.91 Å². The summed E-state index contributed by atoms with van der Waals surface area (Å²) in [6, 6.07) is 2.57. The Hall–Kier alpha value is -2.49. The monoisotopic (exact) mass is 370 g/mol. The summed E-state index contributed by atoms with van der Waals surface area (Å²) in [5.41, 5.74) is 0. The van der Waals surface area contributed by atoms with Crippen molar-refractivity contribution in [1.29, 1.82) is 0 Å². The van der Waals surface area contributed by atoms with Crippen molar-refractivity contribution in [1.82, 2.24) is 10.2 Å². The van der Waals surface area contributed by atoms with Gasteiger partial charge in [-0.15, -0.1) is 11.8 Å². The van der Waals surface area contributed by atoms with E-state index in [9.17, 15) is 19.2 Å². The fraction of sp³-hybridized carbons (Fsp3) is 0.467. The molecule has 9 nitrogen and oxygen atoms in total. The van der Waals surface area contributed by atoms with E-state index in [1.807, 2.05) is 5.32 Å². The number of furan rings is 1. The van der Waals surface area contributed by atoms with Crippen molar-refractivity contribution in [2.75, 3.05) is 19.0 Å². The molecule has 10 heteroatoms. The average Bonchev–Trinajstić information content (AvgIpc) is 3.21. The van der Waals surface area contributed by atoms with Gasteiger partial charge >= 0.3 is 12.1 Å². The molecule has 0 saturated carbocycles. The first kappa shape index (κ1) is 18.8. The number of alkyl carbamates (subject to hydrolysis) is 1. The first-order valence-electron chi connectivity index (χ1n) is 7.51. The number of carbonyl (C=O) groups excluding carboxylic acids is 4. The van der Waals surface area contributed by atoms with E-state index in [0.717, 1.165) is 0 Å². The van der Waals surface area contributed by atoms with Gasteiger partial charge in [-0.2, -0.15) is 0 Å². The Balaban J connectivity index is 1.93. The summed E-state index contributed by atoms with van der Waals surface area (Å²) >= 11 is 1.36. The standard InChI is InChI=1S/C15H18N2O7S/c1-3-22-15(21)16-12(19)7-24-14(20)10-8-25-13(17(10)9(2)18)11-5-4-6-23-11/h4-6,10,13H,3,7-8H2,1-2H3,(H,16,19,21)/t10-,13-/m0/s1. The van der Waals surface area contributed by atoms with E-state index < -0.39 is 36.0 Å². The molecule has 0 unspecified atom stereocenters. The van der Waals surface area contributed by atoms with Gasteiger partial charge in [-0.05, 0) is 19.1 Å². The van der Waals surface area contributed by atoms with E-state index in [2.05, 4.69) is 4.74 Å². The van der Waals surface area contributed by atoms with Crippen LogP contribution in [0.1, 0.15) is 25.0 Å². The average molecular weight is 370 g/mol. The zero-order valence-corrected chi connectivity index (χ0v) is 14.5. The minimum atomic E-state index is -0.914. The molecule has 1 aliphatic heterocycles. The van der Waals surface area contributed by atoms with Crippen LogP contribution in [-0.2, 0) is 23.9 Å². The van der Waals surface area contributed by atoms with Crippen molar-refractivity contribution in [3.05, 3.63) is 24.2 Å². The SMILES string of the molecule is CCOC(=O)NC(=O)COC(=O)[C@@H]1CS[C@@H](c2ccco2)N1C(C)=O. The number of nitrogens with one attached hydrogen (secondary N) is 1. The van der Waals surface area contributed by atoms with Crippen LogP contribution in [-0.4, -0.2) is 53.8 Å². The third kappa shape index (κ3) is 4.75. The number of hydrogen-bond acceptors (Lipinski definition) is 8. The Morgan fingerprint density at radius 2 is 2.12 bits per heavy atom. The lowest BCUT2D eigenvalue weighted by molar-refractivity contribution is -0.156. The van der Waals surface area contributed by atoms with Crippen molar-refractivity contribution in [2.45, 2.75) is 25.3 Å². The number of thioether (sulfide) groups is 1. The minimum absolute atomic E-state index is 0.111. The van der Waals surface area contributed by atoms with Gasteiger partial charge in [-0.25, -0.2) is 9.59 Å². The highest BCUT2D eigenvalue weighted by atomic mass is 32.2. The van der Waals surface area contributed by atoms with Crippen LogP contribution in [0.4, 0.5) is 4.79 Å². The second kappa shape index (κ2) is 8.56.